The van der Waals surface area contributed by atoms with Gasteiger partial charge >= 0.3 is 0 Å². The van der Waals surface area contributed by atoms with Crippen molar-refractivity contribution in [1.82, 2.24) is 0 Å². The molecule has 18 aromatic rings. The van der Waals surface area contributed by atoms with E-state index in [2.05, 4.69) is 474 Å². The van der Waals surface area contributed by atoms with Gasteiger partial charge in [-0.25, -0.2) is 0 Å². The average Bonchev–Trinajstić information content (AvgIpc) is 1.53. The maximum atomic E-state index is 2.51. The van der Waals surface area contributed by atoms with Gasteiger partial charge in [-0.15, -0.1) is 0 Å². The predicted molar refractivity (Wildman–Crippen MR) is 493 cm³/mol. The first-order valence-electron chi connectivity index (χ1n) is 41.4. The fraction of sp³-hybridized carbons (Fsp3) is 0.0690. The van der Waals surface area contributed by atoms with Crippen LogP contribution >= 0.6 is 0 Å². The summed E-state index contributed by atoms with van der Waals surface area (Å²) in [7, 11) is 0. The highest BCUT2D eigenvalue weighted by Gasteiger charge is 2.49. The van der Waals surface area contributed by atoms with Gasteiger partial charge in [0.2, 0.25) is 0 Å². The molecule has 1 unspecified atom stereocenters. The summed E-state index contributed by atoms with van der Waals surface area (Å²) in [6.07, 6.45) is 0. The molecule has 0 bridgehead atoms. The molecule has 4 aliphatic rings. The normalized spacial score (nSPS) is 14.8. The van der Waals surface area contributed by atoms with Crippen LogP contribution in [-0.2, 0) is 21.7 Å². The lowest BCUT2D eigenvalue weighted by Gasteiger charge is -2.35. The average molecular weight is 1510 g/mol. The maximum absolute atomic E-state index is 2.51. The Kier molecular flexibility index (Phi) is 16.5. The van der Waals surface area contributed by atoms with Crippen molar-refractivity contribution in [3.63, 3.8) is 0 Å². The molecule has 18 aromatic carbocycles. The Morgan fingerprint density at radius 3 is 0.847 bits per heavy atom. The van der Waals surface area contributed by atoms with Gasteiger partial charge in [-0.05, 0) is 264 Å². The van der Waals surface area contributed by atoms with Crippen LogP contribution in [0.3, 0.4) is 0 Å². The third-order valence-corrected chi connectivity index (χ3v) is 26.4. The molecule has 0 spiro atoms. The minimum absolute atomic E-state index is 0.115. The molecule has 0 aromatic heterocycles. The smallest absolute Gasteiger partial charge is 0.0714 e. The summed E-state index contributed by atoms with van der Waals surface area (Å²) in [5, 5.41) is 0. The maximum Gasteiger partial charge on any atom is 0.0714 e. The van der Waals surface area contributed by atoms with Crippen LogP contribution in [0, 0.1) is 0 Å². The summed E-state index contributed by atoms with van der Waals surface area (Å²) < 4.78 is 0. The Balaban J connectivity index is 0.667. The van der Waals surface area contributed by atoms with Crippen LogP contribution in [0.15, 0.2) is 437 Å². The first-order valence-corrected chi connectivity index (χ1v) is 41.4. The monoisotopic (exact) mass is 1500 g/mol. The first kappa shape index (κ1) is 70.2. The van der Waals surface area contributed by atoms with Gasteiger partial charge in [0, 0.05) is 45.0 Å². The zero-order valence-corrected chi connectivity index (χ0v) is 66.5. The van der Waals surface area contributed by atoms with Gasteiger partial charge < -0.3 is 9.80 Å². The second-order valence-corrected chi connectivity index (χ2v) is 33.4. The van der Waals surface area contributed by atoms with Crippen molar-refractivity contribution in [3.05, 3.63) is 504 Å². The lowest BCUT2D eigenvalue weighted by Crippen LogP contribution is -2.29. The van der Waals surface area contributed by atoms with Gasteiger partial charge in [0.05, 0.1) is 10.8 Å². The number of hydrogen-bond donors (Lipinski definition) is 0. The van der Waals surface area contributed by atoms with Gasteiger partial charge in [-0.2, -0.15) is 0 Å². The molecule has 0 N–H and O–H groups in total. The summed E-state index contributed by atoms with van der Waals surface area (Å²) in [6.45, 7) is 9.47. The van der Waals surface area contributed by atoms with Crippen molar-refractivity contribution in [1.29, 1.82) is 0 Å². The first-order chi connectivity index (χ1) is 58.0. The van der Waals surface area contributed by atoms with Crippen LogP contribution in [-0.4, -0.2) is 0 Å². The van der Waals surface area contributed by atoms with Crippen LogP contribution < -0.4 is 9.80 Å². The molecule has 0 aliphatic heterocycles. The Bertz CT molecular complexity index is 6950. The molecule has 22 rings (SSSR count). The summed E-state index contributed by atoms with van der Waals surface area (Å²) in [6, 6.07) is 164. The number of benzene rings is 18. The van der Waals surface area contributed by atoms with Gasteiger partial charge in [0.15, 0.2) is 0 Å². The standard InChI is InChI=1S/C116H84N2/c1-113(2)105-52-21-17-48-97(105)101-64-58-85(73-109(101)113)78-56-60-91(61-57-78)117(95-62-66-103-99-50-19-23-54-107(99)115(111(103)75-95,87-38-11-6-12-39-87)88-40-13-7-14-41-88)92-45-28-36-83(71-92)80-33-25-32-79(68-80)81-34-26-44-90(69-81)116(89-42-15-8-16-43-89)108-55-24-20-51-100(108)104-67-63-96(76-112(104)116)118(93-46-27-35-82(70-93)77-30-9-5-10-31-77)94-47-29-37-84(72-94)86-59-65-102-98-49-18-22-53-106(98)114(3,4)110(102)74-86/h5-76H,1-4H3. The Labute approximate surface area is 692 Å². The van der Waals surface area contributed by atoms with Gasteiger partial charge in [-0.1, -0.05) is 367 Å². The van der Waals surface area contributed by atoms with Crippen molar-refractivity contribution in [2.24, 2.45) is 0 Å². The Morgan fingerprint density at radius 2 is 0.398 bits per heavy atom. The van der Waals surface area contributed by atoms with E-state index in [1.54, 1.807) is 0 Å². The second-order valence-electron chi connectivity index (χ2n) is 33.4. The topological polar surface area (TPSA) is 6.48 Å². The van der Waals surface area contributed by atoms with Crippen molar-refractivity contribution in [3.8, 4) is 100 Å². The van der Waals surface area contributed by atoms with E-state index in [4.69, 9.17) is 0 Å². The summed E-state index contributed by atoms with van der Waals surface area (Å²) in [5.41, 5.74) is 42.1. The Hall–Kier alpha value is -14.4. The molecular weight excluding hydrogens is 1420 g/mol. The highest BCUT2D eigenvalue weighted by molar-refractivity contribution is 5.95. The van der Waals surface area contributed by atoms with E-state index in [9.17, 15) is 0 Å². The minimum atomic E-state index is -0.728. The zero-order valence-electron chi connectivity index (χ0n) is 66.5. The number of fused-ring (bicyclic) bond motifs is 12. The lowest BCUT2D eigenvalue weighted by atomic mass is 9.67. The molecule has 1 atom stereocenters. The Morgan fingerprint density at radius 1 is 0.144 bits per heavy atom. The van der Waals surface area contributed by atoms with E-state index in [0.29, 0.717) is 0 Å². The molecule has 0 saturated carbocycles. The zero-order chi connectivity index (χ0) is 78.9. The summed E-state index contributed by atoms with van der Waals surface area (Å²) in [4.78, 5) is 4.96. The second kappa shape index (κ2) is 27.7. The van der Waals surface area contributed by atoms with Crippen LogP contribution in [0.4, 0.5) is 34.1 Å². The van der Waals surface area contributed by atoms with Gasteiger partial charge in [-0.3, -0.25) is 0 Å². The molecular formula is C116H84N2. The van der Waals surface area contributed by atoms with Crippen molar-refractivity contribution >= 4 is 34.1 Å². The summed E-state index contributed by atoms with van der Waals surface area (Å²) in [5.74, 6) is 0. The number of nitrogens with zero attached hydrogens (tertiary/aromatic N) is 2. The third-order valence-electron chi connectivity index (χ3n) is 26.4. The molecule has 558 valence electrons. The predicted octanol–water partition coefficient (Wildman–Crippen LogP) is 30.3. The lowest BCUT2D eigenvalue weighted by molar-refractivity contribution is 0.660. The van der Waals surface area contributed by atoms with E-state index in [1.165, 1.54) is 139 Å². The highest BCUT2D eigenvalue weighted by atomic mass is 15.1. The van der Waals surface area contributed by atoms with Crippen molar-refractivity contribution in [2.75, 3.05) is 9.80 Å². The minimum Gasteiger partial charge on any atom is -0.310 e. The fourth-order valence-corrected chi connectivity index (χ4v) is 20.8. The van der Waals surface area contributed by atoms with E-state index in [0.717, 1.165) is 61.9 Å². The fourth-order valence-electron chi connectivity index (χ4n) is 20.8. The van der Waals surface area contributed by atoms with Crippen molar-refractivity contribution in [2.45, 2.75) is 49.4 Å². The largest absolute Gasteiger partial charge is 0.310 e. The van der Waals surface area contributed by atoms with E-state index in [-0.39, 0.29) is 10.8 Å². The molecule has 0 radical (unpaired) electrons. The molecule has 0 heterocycles. The number of rotatable bonds is 15. The highest BCUT2D eigenvalue weighted by Crippen LogP contribution is 2.61. The molecule has 0 saturated heterocycles. The number of anilines is 6. The molecule has 4 aliphatic carbocycles. The molecule has 118 heavy (non-hydrogen) atoms. The third kappa shape index (κ3) is 11.0. The van der Waals surface area contributed by atoms with Crippen LogP contribution in [0.1, 0.15) is 94.5 Å². The molecule has 0 amide bonds. The van der Waals surface area contributed by atoms with Crippen molar-refractivity contribution < 1.29 is 0 Å². The van der Waals surface area contributed by atoms with Crippen LogP contribution in [0.25, 0.3) is 100 Å². The van der Waals surface area contributed by atoms with Crippen LogP contribution in [0.2, 0.25) is 0 Å². The molecule has 0 fully saturated rings. The van der Waals surface area contributed by atoms with E-state index < -0.39 is 10.8 Å². The van der Waals surface area contributed by atoms with Crippen LogP contribution in [0.5, 0.6) is 0 Å². The van der Waals surface area contributed by atoms with Gasteiger partial charge in [0.25, 0.3) is 0 Å². The van der Waals surface area contributed by atoms with Gasteiger partial charge in [0.1, 0.15) is 0 Å². The molecule has 2 nitrogen and oxygen atoms in total. The van der Waals surface area contributed by atoms with E-state index in [1.807, 2.05) is 0 Å². The summed E-state index contributed by atoms with van der Waals surface area (Å²) >= 11 is 0. The number of hydrogen-bond acceptors (Lipinski definition) is 2. The molecule has 2 heteroatoms. The quantitative estimate of drug-likeness (QED) is 0.101. The SMILES string of the molecule is CC1(C)c2ccccc2-c2ccc(-c3ccc(N(c4cccc(-c5cccc(-c6cccc(C7(c8ccccc8)c8ccccc8-c8ccc(N(c9cccc(-c%10ccccc%10)c9)c9cccc(-c%10ccc%11c(c%10)C(C)(C)c%10ccccc%10-%11)c9)cc87)c6)c5)c4)c4ccc5c(c4)C(c4ccccc4)(c4ccccc4)c4ccccc4-5)cc3)cc21. The van der Waals surface area contributed by atoms with E-state index >= 15 is 0 Å².